The van der Waals surface area contributed by atoms with Gasteiger partial charge >= 0.3 is 0 Å². The van der Waals surface area contributed by atoms with E-state index in [1.54, 1.807) is 0 Å². The average molecular weight is 278 g/mol. The minimum Gasteiger partial charge on any atom is -0.378 e. The Kier molecular flexibility index (Phi) is 5.86. The zero-order valence-electron chi connectivity index (χ0n) is 13.2. The number of nitrogens with one attached hydrogen (secondary N) is 1. The SMILES string of the molecule is CCNC1(C#N)CCCC1CCOC1CCCCC1C. The zero-order valence-corrected chi connectivity index (χ0v) is 13.2. The second kappa shape index (κ2) is 7.43. The maximum atomic E-state index is 9.55. The molecule has 0 radical (unpaired) electrons. The van der Waals surface area contributed by atoms with Crippen LogP contribution in [0.5, 0.6) is 0 Å². The smallest absolute Gasteiger partial charge is 0.109 e. The van der Waals surface area contributed by atoms with Crippen LogP contribution in [-0.4, -0.2) is 24.8 Å². The molecule has 2 fully saturated rings. The van der Waals surface area contributed by atoms with Crippen LogP contribution in [0.1, 0.15) is 65.2 Å². The molecule has 0 amide bonds. The summed E-state index contributed by atoms with van der Waals surface area (Å²) in [5.41, 5.74) is -0.281. The molecule has 0 aromatic rings. The Hall–Kier alpha value is -0.590. The molecule has 2 saturated carbocycles. The van der Waals surface area contributed by atoms with Crippen molar-refractivity contribution in [3.8, 4) is 6.07 Å². The molecule has 2 rings (SSSR count). The van der Waals surface area contributed by atoms with Gasteiger partial charge in [-0.1, -0.05) is 33.1 Å². The molecule has 0 aromatic carbocycles. The summed E-state index contributed by atoms with van der Waals surface area (Å²) < 4.78 is 6.14. The van der Waals surface area contributed by atoms with Gasteiger partial charge < -0.3 is 4.74 Å². The molecule has 4 atom stereocenters. The Morgan fingerprint density at radius 2 is 2.05 bits per heavy atom. The first-order chi connectivity index (χ1) is 9.72. The molecule has 0 spiro atoms. The summed E-state index contributed by atoms with van der Waals surface area (Å²) in [6.07, 6.45) is 10.1. The Morgan fingerprint density at radius 3 is 2.75 bits per heavy atom. The second-order valence-corrected chi connectivity index (χ2v) is 6.66. The van der Waals surface area contributed by atoms with Crippen LogP contribution in [0.15, 0.2) is 0 Å². The molecule has 2 aliphatic carbocycles. The van der Waals surface area contributed by atoms with Gasteiger partial charge in [0, 0.05) is 6.61 Å². The molecular formula is C17H30N2O. The molecule has 1 N–H and O–H groups in total. The van der Waals surface area contributed by atoms with Crippen molar-refractivity contribution in [2.45, 2.75) is 76.9 Å². The van der Waals surface area contributed by atoms with Gasteiger partial charge in [0.2, 0.25) is 0 Å². The van der Waals surface area contributed by atoms with E-state index in [0.29, 0.717) is 17.9 Å². The summed E-state index contributed by atoms with van der Waals surface area (Å²) in [6, 6.07) is 2.56. The van der Waals surface area contributed by atoms with Gasteiger partial charge in [0.15, 0.2) is 0 Å². The van der Waals surface area contributed by atoms with Crippen LogP contribution < -0.4 is 5.32 Å². The lowest BCUT2D eigenvalue weighted by molar-refractivity contribution is -0.0125. The number of hydrogen-bond acceptors (Lipinski definition) is 3. The van der Waals surface area contributed by atoms with Gasteiger partial charge in [0.05, 0.1) is 12.2 Å². The number of rotatable bonds is 6. The minimum absolute atomic E-state index is 0.281. The molecule has 20 heavy (non-hydrogen) atoms. The lowest BCUT2D eigenvalue weighted by Crippen LogP contribution is -2.47. The highest BCUT2D eigenvalue weighted by Gasteiger charge is 2.42. The molecule has 3 nitrogen and oxygen atoms in total. The fourth-order valence-corrected chi connectivity index (χ4v) is 4.09. The topological polar surface area (TPSA) is 45.0 Å². The molecule has 0 aromatic heterocycles. The third-order valence-corrected chi connectivity index (χ3v) is 5.34. The third kappa shape index (κ3) is 3.54. The van der Waals surface area contributed by atoms with Crippen molar-refractivity contribution < 1.29 is 4.74 Å². The zero-order chi connectivity index (χ0) is 14.4. The van der Waals surface area contributed by atoms with Crippen molar-refractivity contribution in [1.29, 1.82) is 5.26 Å². The van der Waals surface area contributed by atoms with Gasteiger partial charge in [-0.3, -0.25) is 5.32 Å². The quantitative estimate of drug-likeness (QED) is 0.806. The van der Waals surface area contributed by atoms with Crippen molar-refractivity contribution in [3.63, 3.8) is 0 Å². The van der Waals surface area contributed by atoms with E-state index in [0.717, 1.165) is 26.0 Å². The molecular weight excluding hydrogens is 248 g/mol. The van der Waals surface area contributed by atoms with Gasteiger partial charge in [-0.2, -0.15) is 5.26 Å². The van der Waals surface area contributed by atoms with E-state index in [1.165, 1.54) is 38.5 Å². The van der Waals surface area contributed by atoms with Gasteiger partial charge in [0.1, 0.15) is 5.54 Å². The Morgan fingerprint density at radius 1 is 1.25 bits per heavy atom. The maximum Gasteiger partial charge on any atom is 0.109 e. The standard InChI is InChI=1S/C17H30N2O/c1-3-19-17(13-18)11-6-8-15(17)10-12-20-16-9-5-4-7-14(16)2/h14-16,19H,3-12H2,1-2H3. The number of nitriles is 1. The molecule has 4 unspecified atom stereocenters. The largest absolute Gasteiger partial charge is 0.378 e. The molecule has 2 aliphatic rings. The van der Waals surface area contributed by atoms with E-state index >= 15 is 0 Å². The molecule has 0 bridgehead atoms. The van der Waals surface area contributed by atoms with E-state index in [2.05, 4.69) is 25.2 Å². The van der Waals surface area contributed by atoms with Crippen molar-refractivity contribution in [2.24, 2.45) is 11.8 Å². The van der Waals surface area contributed by atoms with E-state index < -0.39 is 0 Å². The van der Waals surface area contributed by atoms with Crippen molar-refractivity contribution in [3.05, 3.63) is 0 Å². The molecule has 0 heterocycles. The average Bonchev–Trinajstić information content (AvgIpc) is 2.85. The lowest BCUT2D eigenvalue weighted by Gasteiger charge is -2.32. The van der Waals surface area contributed by atoms with Crippen LogP contribution in [0.3, 0.4) is 0 Å². The lowest BCUT2D eigenvalue weighted by atomic mass is 9.85. The predicted octanol–water partition coefficient (Wildman–Crippen LogP) is 3.64. The van der Waals surface area contributed by atoms with Gasteiger partial charge in [0.25, 0.3) is 0 Å². The van der Waals surface area contributed by atoms with Crippen molar-refractivity contribution >= 4 is 0 Å². The summed E-state index contributed by atoms with van der Waals surface area (Å²) in [6.45, 7) is 6.12. The van der Waals surface area contributed by atoms with Crippen LogP contribution in [0.2, 0.25) is 0 Å². The molecule has 0 aliphatic heterocycles. The summed E-state index contributed by atoms with van der Waals surface area (Å²) in [7, 11) is 0. The first-order valence-corrected chi connectivity index (χ1v) is 8.49. The van der Waals surface area contributed by atoms with E-state index in [-0.39, 0.29) is 5.54 Å². The summed E-state index contributed by atoms with van der Waals surface area (Å²) in [5.74, 6) is 1.17. The molecule has 3 heteroatoms. The highest BCUT2D eigenvalue weighted by molar-refractivity contribution is 5.13. The fourth-order valence-electron chi connectivity index (χ4n) is 4.09. The highest BCUT2D eigenvalue weighted by atomic mass is 16.5. The van der Waals surface area contributed by atoms with Crippen LogP contribution in [0.4, 0.5) is 0 Å². The van der Waals surface area contributed by atoms with E-state index in [1.807, 2.05) is 0 Å². The molecule has 0 saturated heterocycles. The second-order valence-electron chi connectivity index (χ2n) is 6.66. The maximum absolute atomic E-state index is 9.55. The predicted molar refractivity (Wildman–Crippen MR) is 81.4 cm³/mol. The Balaban J connectivity index is 1.79. The summed E-state index contributed by atoms with van der Waals surface area (Å²) >= 11 is 0. The molecule has 114 valence electrons. The Bertz CT molecular complexity index is 338. The van der Waals surface area contributed by atoms with Crippen LogP contribution >= 0.6 is 0 Å². The number of ether oxygens (including phenoxy) is 1. The van der Waals surface area contributed by atoms with E-state index in [9.17, 15) is 5.26 Å². The van der Waals surface area contributed by atoms with Crippen LogP contribution in [0, 0.1) is 23.2 Å². The van der Waals surface area contributed by atoms with Crippen LogP contribution in [-0.2, 0) is 4.74 Å². The highest BCUT2D eigenvalue weighted by Crippen LogP contribution is 2.38. The van der Waals surface area contributed by atoms with Gasteiger partial charge in [-0.25, -0.2) is 0 Å². The fraction of sp³-hybridized carbons (Fsp3) is 0.941. The van der Waals surface area contributed by atoms with Crippen molar-refractivity contribution in [2.75, 3.05) is 13.2 Å². The number of hydrogen-bond donors (Lipinski definition) is 1. The monoisotopic (exact) mass is 278 g/mol. The summed E-state index contributed by atoms with van der Waals surface area (Å²) in [5, 5.41) is 13.0. The van der Waals surface area contributed by atoms with Gasteiger partial charge in [-0.05, 0) is 50.5 Å². The third-order valence-electron chi connectivity index (χ3n) is 5.34. The summed E-state index contributed by atoms with van der Waals surface area (Å²) in [4.78, 5) is 0. The first-order valence-electron chi connectivity index (χ1n) is 8.49. The Labute approximate surface area is 124 Å². The normalized spacial score (nSPS) is 37.8. The number of nitrogens with zero attached hydrogens (tertiary/aromatic N) is 1. The first kappa shape index (κ1) is 15.8. The van der Waals surface area contributed by atoms with Gasteiger partial charge in [-0.15, -0.1) is 0 Å². The van der Waals surface area contributed by atoms with E-state index in [4.69, 9.17) is 4.74 Å². The van der Waals surface area contributed by atoms with Crippen LogP contribution in [0.25, 0.3) is 0 Å². The minimum atomic E-state index is -0.281. The van der Waals surface area contributed by atoms with Crippen molar-refractivity contribution in [1.82, 2.24) is 5.32 Å².